The monoisotopic (exact) mass is 279 g/mol. The van der Waals surface area contributed by atoms with Crippen LogP contribution < -0.4 is 10.1 Å². The normalized spacial score (nSPS) is 27.1. The van der Waals surface area contributed by atoms with Crippen LogP contribution in [0.4, 0.5) is 4.39 Å². The lowest BCUT2D eigenvalue weighted by Crippen LogP contribution is -2.33. The first-order valence-electron chi connectivity index (χ1n) is 6.51. The summed E-state index contributed by atoms with van der Waals surface area (Å²) in [6.45, 7) is 0.441. The highest BCUT2D eigenvalue weighted by molar-refractivity contribution is 5.89. The average molecular weight is 279 g/mol. The Morgan fingerprint density at radius 1 is 1.35 bits per heavy atom. The van der Waals surface area contributed by atoms with Gasteiger partial charge in [-0.25, -0.2) is 4.39 Å². The van der Waals surface area contributed by atoms with E-state index in [2.05, 4.69) is 5.32 Å². The number of ether oxygens (including phenoxy) is 1. The fourth-order valence-corrected chi connectivity index (χ4v) is 2.55. The smallest absolute Gasteiger partial charge is 0.307 e. The number of hydrogen-bond acceptors (Lipinski definition) is 3. The predicted octanol–water partition coefficient (Wildman–Crippen LogP) is 1.49. The van der Waals surface area contributed by atoms with E-state index in [4.69, 9.17) is 9.84 Å². The molecule has 1 aromatic rings. The van der Waals surface area contributed by atoms with Crippen molar-refractivity contribution in [1.82, 2.24) is 5.32 Å². The van der Waals surface area contributed by atoms with Gasteiger partial charge in [-0.05, 0) is 24.6 Å². The molecule has 2 N–H and O–H groups in total. The number of carbonyl (C=O) groups is 2. The molecule has 3 rings (SSSR count). The summed E-state index contributed by atoms with van der Waals surface area (Å²) in [6.07, 6.45) is 0.924. The van der Waals surface area contributed by atoms with Crippen LogP contribution in [0.2, 0.25) is 0 Å². The Bertz CT molecular complexity index is 574. The van der Waals surface area contributed by atoms with E-state index >= 15 is 0 Å². The lowest BCUT2D eigenvalue weighted by Gasteiger charge is -2.26. The van der Waals surface area contributed by atoms with Crippen molar-refractivity contribution in [1.29, 1.82) is 0 Å². The van der Waals surface area contributed by atoms with Crippen LogP contribution in [0.15, 0.2) is 18.2 Å². The Kier molecular flexibility index (Phi) is 3.08. The van der Waals surface area contributed by atoms with E-state index in [0.29, 0.717) is 30.8 Å². The highest BCUT2D eigenvalue weighted by Gasteiger charge is 2.48. The second-order valence-corrected chi connectivity index (χ2v) is 5.17. The number of halogens is 1. The number of benzene rings is 1. The zero-order chi connectivity index (χ0) is 14.3. The molecule has 5 nitrogen and oxygen atoms in total. The third-order valence-corrected chi connectivity index (χ3v) is 3.77. The SMILES string of the molecule is O=C(O)C1CC1C(=O)NC1CCOc2ccc(F)cc21. The van der Waals surface area contributed by atoms with Crippen LogP contribution in [0.1, 0.15) is 24.4 Å². The standard InChI is InChI=1S/C14H14FNO4/c15-7-1-2-12-10(5-7)11(3-4-20-12)16-13(17)8-6-9(8)14(18)19/h1-2,5,8-9,11H,3-4,6H2,(H,16,17)(H,18,19). The number of rotatable bonds is 3. The summed E-state index contributed by atoms with van der Waals surface area (Å²) in [4.78, 5) is 22.7. The van der Waals surface area contributed by atoms with Crippen molar-refractivity contribution < 1.29 is 23.8 Å². The second kappa shape index (κ2) is 4.77. The molecule has 0 bridgehead atoms. The van der Waals surface area contributed by atoms with Gasteiger partial charge >= 0.3 is 5.97 Å². The summed E-state index contributed by atoms with van der Waals surface area (Å²) >= 11 is 0. The Hall–Kier alpha value is -2.11. The lowest BCUT2D eigenvalue weighted by molar-refractivity contribution is -0.140. The van der Waals surface area contributed by atoms with Gasteiger partial charge in [0, 0.05) is 12.0 Å². The minimum atomic E-state index is -0.941. The summed E-state index contributed by atoms with van der Waals surface area (Å²) < 4.78 is 18.7. The molecule has 106 valence electrons. The quantitative estimate of drug-likeness (QED) is 0.879. The van der Waals surface area contributed by atoms with Crippen LogP contribution in [-0.4, -0.2) is 23.6 Å². The third kappa shape index (κ3) is 2.33. The van der Waals surface area contributed by atoms with E-state index < -0.39 is 17.8 Å². The fourth-order valence-electron chi connectivity index (χ4n) is 2.55. The molecule has 1 fully saturated rings. The van der Waals surface area contributed by atoms with Gasteiger partial charge in [0.05, 0.1) is 24.5 Å². The van der Waals surface area contributed by atoms with E-state index in [1.54, 1.807) is 6.07 Å². The molecule has 1 amide bonds. The number of fused-ring (bicyclic) bond motifs is 1. The van der Waals surface area contributed by atoms with Gasteiger partial charge in [0.2, 0.25) is 5.91 Å². The molecule has 0 radical (unpaired) electrons. The molecule has 0 aromatic heterocycles. The fraction of sp³-hybridized carbons (Fsp3) is 0.429. The Morgan fingerprint density at radius 2 is 2.15 bits per heavy atom. The van der Waals surface area contributed by atoms with Crippen LogP contribution in [0.5, 0.6) is 5.75 Å². The van der Waals surface area contributed by atoms with Crippen LogP contribution in [0, 0.1) is 17.7 Å². The van der Waals surface area contributed by atoms with Gasteiger partial charge in [0.25, 0.3) is 0 Å². The summed E-state index contributed by atoms with van der Waals surface area (Å²) in [5.41, 5.74) is 0.608. The molecular weight excluding hydrogens is 265 g/mol. The molecule has 3 atom stereocenters. The van der Waals surface area contributed by atoms with Gasteiger partial charge in [-0.3, -0.25) is 9.59 Å². The predicted molar refractivity (Wildman–Crippen MR) is 66.6 cm³/mol. The highest BCUT2D eigenvalue weighted by Crippen LogP contribution is 2.40. The maximum Gasteiger partial charge on any atom is 0.307 e. The van der Waals surface area contributed by atoms with Gasteiger partial charge in [-0.2, -0.15) is 0 Å². The van der Waals surface area contributed by atoms with E-state index in [1.165, 1.54) is 12.1 Å². The third-order valence-electron chi connectivity index (χ3n) is 3.77. The molecular formula is C14H14FNO4. The first-order valence-corrected chi connectivity index (χ1v) is 6.51. The molecule has 1 aliphatic carbocycles. The summed E-state index contributed by atoms with van der Waals surface area (Å²) in [5.74, 6) is -2.09. The zero-order valence-corrected chi connectivity index (χ0v) is 10.6. The molecule has 0 spiro atoms. The second-order valence-electron chi connectivity index (χ2n) is 5.17. The van der Waals surface area contributed by atoms with Crippen LogP contribution in [-0.2, 0) is 9.59 Å². The molecule has 3 unspecified atom stereocenters. The van der Waals surface area contributed by atoms with Crippen molar-refractivity contribution in [3.8, 4) is 5.75 Å². The maximum atomic E-state index is 13.3. The Balaban J connectivity index is 1.72. The number of amides is 1. The van der Waals surface area contributed by atoms with Crippen molar-refractivity contribution in [2.75, 3.05) is 6.61 Å². The molecule has 1 heterocycles. The number of nitrogens with one attached hydrogen (secondary N) is 1. The lowest BCUT2D eigenvalue weighted by atomic mass is 10.00. The Morgan fingerprint density at radius 3 is 2.85 bits per heavy atom. The van der Waals surface area contributed by atoms with Gasteiger partial charge in [-0.1, -0.05) is 0 Å². The molecule has 1 saturated carbocycles. The van der Waals surface area contributed by atoms with E-state index in [0.717, 1.165) is 0 Å². The summed E-state index contributed by atoms with van der Waals surface area (Å²) in [6, 6.07) is 3.88. The number of carbonyl (C=O) groups excluding carboxylic acids is 1. The topological polar surface area (TPSA) is 75.6 Å². The first-order chi connectivity index (χ1) is 9.56. The molecule has 0 saturated heterocycles. The van der Waals surface area contributed by atoms with Crippen molar-refractivity contribution in [3.05, 3.63) is 29.6 Å². The molecule has 1 aliphatic heterocycles. The zero-order valence-electron chi connectivity index (χ0n) is 10.6. The van der Waals surface area contributed by atoms with E-state index in [-0.39, 0.29) is 17.8 Å². The number of carboxylic acid groups (broad SMARTS) is 1. The average Bonchev–Trinajstić information content (AvgIpc) is 3.20. The van der Waals surface area contributed by atoms with Crippen LogP contribution in [0.3, 0.4) is 0 Å². The summed E-state index contributed by atoms with van der Waals surface area (Å²) in [5, 5.41) is 11.6. The van der Waals surface area contributed by atoms with Crippen molar-refractivity contribution >= 4 is 11.9 Å². The number of carboxylic acids is 1. The molecule has 1 aromatic carbocycles. The van der Waals surface area contributed by atoms with E-state index in [9.17, 15) is 14.0 Å². The van der Waals surface area contributed by atoms with Crippen molar-refractivity contribution in [2.24, 2.45) is 11.8 Å². The number of hydrogen-bond donors (Lipinski definition) is 2. The largest absolute Gasteiger partial charge is 0.493 e. The molecule has 20 heavy (non-hydrogen) atoms. The highest BCUT2D eigenvalue weighted by atomic mass is 19.1. The Labute approximate surface area is 114 Å². The summed E-state index contributed by atoms with van der Waals surface area (Å²) in [7, 11) is 0. The maximum absolute atomic E-state index is 13.3. The minimum absolute atomic E-state index is 0.278. The van der Waals surface area contributed by atoms with Gasteiger partial charge in [-0.15, -0.1) is 0 Å². The van der Waals surface area contributed by atoms with Gasteiger partial charge in [0.1, 0.15) is 11.6 Å². The molecule has 2 aliphatic rings. The molecule has 6 heteroatoms. The van der Waals surface area contributed by atoms with Crippen LogP contribution in [0.25, 0.3) is 0 Å². The van der Waals surface area contributed by atoms with Gasteiger partial charge in [0.15, 0.2) is 0 Å². The van der Waals surface area contributed by atoms with Gasteiger partial charge < -0.3 is 15.2 Å². The van der Waals surface area contributed by atoms with Crippen molar-refractivity contribution in [3.63, 3.8) is 0 Å². The van der Waals surface area contributed by atoms with E-state index in [1.807, 2.05) is 0 Å². The number of aliphatic carboxylic acids is 1. The van der Waals surface area contributed by atoms with Crippen LogP contribution >= 0.6 is 0 Å². The van der Waals surface area contributed by atoms with Crippen molar-refractivity contribution in [2.45, 2.75) is 18.9 Å². The minimum Gasteiger partial charge on any atom is -0.493 e. The first kappa shape index (κ1) is 12.9.